The van der Waals surface area contributed by atoms with Gasteiger partial charge in [0.15, 0.2) is 0 Å². The van der Waals surface area contributed by atoms with E-state index in [0.29, 0.717) is 12.1 Å². The van der Waals surface area contributed by atoms with Gasteiger partial charge in [0.2, 0.25) is 6.20 Å². The van der Waals surface area contributed by atoms with E-state index in [1.54, 1.807) is 42.5 Å². The van der Waals surface area contributed by atoms with Gasteiger partial charge in [0.25, 0.3) is 0 Å². The zero-order chi connectivity index (χ0) is 17.3. The van der Waals surface area contributed by atoms with Crippen LogP contribution >= 0.6 is 0 Å². The summed E-state index contributed by atoms with van der Waals surface area (Å²) in [6.07, 6.45) is 2.37. The smallest absolute Gasteiger partial charge is 0.235 e. The van der Waals surface area contributed by atoms with Crippen molar-refractivity contribution in [2.24, 2.45) is 0 Å². The lowest BCUT2D eigenvalue weighted by Crippen LogP contribution is -1.97. The Balaban J connectivity index is 2.37. The fourth-order valence-corrected chi connectivity index (χ4v) is 2.93. The molecule has 2 aromatic carbocycles. The molecule has 24 heavy (non-hydrogen) atoms. The highest BCUT2D eigenvalue weighted by Crippen LogP contribution is 2.36. The lowest BCUT2D eigenvalue weighted by atomic mass is 10.0. The summed E-state index contributed by atoms with van der Waals surface area (Å²) in [4.78, 5) is 10.3. The van der Waals surface area contributed by atoms with Gasteiger partial charge in [-0.15, -0.1) is 0 Å². The van der Waals surface area contributed by atoms with Crippen LogP contribution in [0, 0.1) is 10.1 Å². The topological polar surface area (TPSA) is 88.5 Å². The Morgan fingerprint density at radius 3 is 2.42 bits per heavy atom. The molecule has 0 unspecified atom stereocenters. The highest BCUT2D eigenvalue weighted by molar-refractivity contribution is 5.98. The van der Waals surface area contributed by atoms with E-state index in [1.807, 2.05) is 11.5 Å². The molecule has 3 aromatic rings. The highest BCUT2D eigenvalue weighted by atomic mass is 16.6. The van der Waals surface area contributed by atoms with Crippen molar-refractivity contribution in [1.82, 2.24) is 4.57 Å². The number of hydrogen-bond acceptors (Lipinski definition) is 4. The molecule has 122 valence electrons. The van der Waals surface area contributed by atoms with Crippen LogP contribution in [0.3, 0.4) is 0 Å². The molecule has 0 aliphatic carbocycles. The Morgan fingerprint density at radius 1 is 1.12 bits per heavy atom. The monoisotopic (exact) mass is 324 g/mol. The molecule has 0 aliphatic heterocycles. The lowest BCUT2D eigenvalue weighted by Gasteiger charge is -2.09. The molecule has 3 rings (SSSR count). The zero-order valence-electron chi connectivity index (χ0n) is 13.0. The minimum atomic E-state index is -0.504. The first-order chi connectivity index (χ1) is 11.5. The molecular weight excluding hydrogens is 308 g/mol. The minimum Gasteiger partial charge on any atom is -0.508 e. The number of phenolic OH excluding ortho intramolecular Hbond substituents is 2. The molecule has 0 radical (unpaired) electrons. The molecule has 0 saturated carbocycles. The molecule has 1 heterocycles. The van der Waals surface area contributed by atoms with Crippen molar-refractivity contribution in [3.05, 3.63) is 64.3 Å². The molecular formula is C18H16N2O4. The van der Waals surface area contributed by atoms with Crippen LogP contribution in [-0.4, -0.2) is 19.7 Å². The minimum absolute atomic E-state index is 0.136. The van der Waals surface area contributed by atoms with Gasteiger partial charge in [-0.3, -0.25) is 10.1 Å². The van der Waals surface area contributed by atoms with E-state index in [-0.39, 0.29) is 11.5 Å². The second kappa shape index (κ2) is 6.08. The largest absolute Gasteiger partial charge is 0.508 e. The summed E-state index contributed by atoms with van der Waals surface area (Å²) in [6, 6.07) is 11.6. The number of nitrogens with zero attached hydrogens (tertiary/aromatic N) is 2. The second-order valence-electron chi connectivity index (χ2n) is 5.36. The van der Waals surface area contributed by atoms with E-state index in [9.17, 15) is 20.3 Å². The molecule has 0 saturated heterocycles. The number of benzene rings is 2. The van der Waals surface area contributed by atoms with Gasteiger partial charge in [-0.25, -0.2) is 0 Å². The number of fused-ring (bicyclic) bond motifs is 1. The van der Waals surface area contributed by atoms with Crippen molar-refractivity contribution < 1.29 is 15.1 Å². The van der Waals surface area contributed by atoms with Crippen molar-refractivity contribution in [2.45, 2.75) is 13.5 Å². The maximum Gasteiger partial charge on any atom is 0.235 e. The van der Waals surface area contributed by atoms with Crippen molar-refractivity contribution in [3.63, 3.8) is 0 Å². The molecule has 0 bridgehead atoms. The highest BCUT2D eigenvalue weighted by Gasteiger charge is 2.17. The quantitative estimate of drug-likeness (QED) is 0.561. The number of phenols is 2. The first kappa shape index (κ1) is 15.6. The average molecular weight is 324 g/mol. The van der Waals surface area contributed by atoms with Crippen LogP contribution in [0.5, 0.6) is 11.5 Å². The predicted molar refractivity (Wildman–Crippen MR) is 92.4 cm³/mol. The number of aromatic hydroxyl groups is 2. The van der Waals surface area contributed by atoms with Crippen LogP contribution in [-0.2, 0) is 6.54 Å². The molecule has 0 amide bonds. The van der Waals surface area contributed by atoms with E-state index in [1.165, 1.54) is 6.08 Å². The molecule has 6 nitrogen and oxygen atoms in total. The molecule has 6 heteroatoms. The summed E-state index contributed by atoms with van der Waals surface area (Å²) >= 11 is 0. The Labute approximate surface area is 138 Å². The van der Waals surface area contributed by atoms with Gasteiger partial charge in [0, 0.05) is 29.6 Å². The maximum absolute atomic E-state index is 10.8. The van der Waals surface area contributed by atoms with Crippen LogP contribution in [0.1, 0.15) is 12.5 Å². The number of aromatic nitrogens is 1. The number of rotatable bonds is 4. The average Bonchev–Trinajstić information content (AvgIpc) is 2.86. The van der Waals surface area contributed by atoms with E-state index >= 15 is 0 Å². The van der Waals surface area contributed by atoms with Gasteiger partial charge in [-0.2, -0.15) is 0 Å². The number of hydrogen-bond donors (Lipinski definition) is 2. The summed E-state index contributed by atoms with van der Waals surface area (Å²) in [7, 11) is 0. The van der Waals surface area contributed by atoms with E-state index < -0.39 is 4.92 Å². The first-order valence-electron chi connectivity index (χ1n) is 7.47. The Kier molecular flexibility index (Phi) is 3.95. The van der Waals surface area contributed by atoms with Gasteiger partial charge in [-0.1, -0.05) is 0 Å². The Bertz CT molecular complexity index is 940. The lowest BCUT2D eigenvalue weighted by molar-refractivity contribution is -0.400. The maximum atomic E-state index is 10.8. The van der Waals surface area contributed by atoms with Gasteiger partial charge < -0.3 is 14.8 Å². The standard InChI is InChI=1S/C18H16N2O4/c1-2-19-17-11-14(22)7-8-15(17)16(9-10-20(23)24)18(19)12-3-5-13(21)6-4-12/h3-11,21-22H,2H2,1H3/b10-9+. The molecule has 0 spiro atoms. The fraction of sp³-hybridized carbons (Fsp3) is 0.111. The SMILES string of the molecule is CCn1c(-c2ccc(O)cc2)c(/C=C/[N+](=O)[O-])c2ccc(O)cc21. The van der Waals surface area contributed by atoms with Gasteiger partial charge in [0.05, 0.1) is 16.1 Å². The summed E-state index contributed by atoms with van der Waals surface area (Å²) in [5.41, 5.74) is 3.13. The van der Waals surface area contributed by atoms with Crippen LogP contribution in [0.15, 0.2) is 48.7 Å². The summed E-state index contributed by atoms with van der Waals surface area (Å²) in [6.45, 7) is 2.59. The van der Waals surface area contributed by atoms with Crippen LogP contribution in [0.2, 0.25) is 0 Å². The number of nitro groups is 1. The van der Waals surface area contributed by atoms with Gasteiger partial charge in [-0.05, 0) is 48.9 Å². The molecule has 1 aromatic heterocycles. The third kappa shape index (κ3) is 2.69. The molecule has 2 N–H and O–H groups in total. The third-order valence-corrected chi connectivity index (χ3v) is 3.91. The third-order valence-electron chi connectivity index (χ3n) is 3.91. The van der Waals surface area contributed by atoms with E-state index in [0.717, 1.165) is 28.4 Å². The summed E-state index contributed by atoms with van der Waals surface area (Å²) in [5.74, 6) is 0.287. The van der Waals surface area contributed by atoms with E-state index in [2.05, 4.69) is 0 Å². The van der Waals surface area contributed by atoms with Crippen LogP contribution in [0.25, 0.3) is 28.2 Å². The zero-order valence-corrected chi connectivity index (χ0v) is 13.0. The molecule has 0 atom stereocenters. The van der Waals surface area contributed by atoms with E-state index in [4.69, 9.17) is 0 Å². The fourth-order valence-electron chi connectivity index (χ4n) is 2.93. The summed E-state index contributed by atoms with van der Waals surface area (Å²) < 4.78 is 1.99. The molecule has 0 aliphatic rings. The van der Waals surface area contributed by atoms with Crippen molar-refractivity contribution in [2.75, 3.05) is 0 Å². The second-order valence-corrected chi connectivity index (χ2v) is 5.36. The Hall–Kier alpha value is -3.28. The van der Waals surface area contributed by atoms with Crippen molar-refractivity contribution in [3.8, 4) is 22.8 Å². The number of aryl methyl sites for hydroxylation is 1. The van der Waals surface area contributed by atoms with Gasteiger partial charge >= 0.3 is 0 Å². The van der Waals surface area contributed by atoms with Crippen LogP contribution < -0.4 is 0 Å². The van der Waals surface area contributed by atoms with Gasteiger partial charge in [0.1, 0.15) is 11.5 Å². The summed E-state index contributed by atoms with van der Waals surface area (Å²) in [5, 5.41) is 30.9. The van der Waals surface area contributed by atoms with Crippen LogP contribution in [0.4, 0.5) is 0 Å². The Morgan fingerprint density at radius 2 is 1.79 bits per heavy atom. The first-order valence-corrected chi connectivity index (χ1v) is 7.47. The van der Waals surface area contributed by atoms with Crippen molar-refractivity contribution in [1.29, 1.82) is 0 Å². The normalized spacial score (nSPS) is 11.4. The predicted octanol–water partition coefficient (Wildman–Crippen LogP) is 3.99. The van der Waals surface area contributed by atoms with Crippen molar-refractivity contribution >= 4 is 17.0 Å². The molecule has 0 fully saturated rings.